The predicted molar refractivity (Wildman–Crippen MR) is 177 cm³/mol. The summed E-state index contributed by atoms with van der Waals surface area (Å²) in [5.41, 5.74) is 2.61. The SMILES string of the molecule is COc1cc(-c2ccc(OS(C)(=O)=O)cc2)c(OC)c(OS(C)(=O)=O)c1-c1ccc(OCc2nc3ccccc3[nH]2)c(OS(C)(=O)=O)c1. The van der Waals surface area contributed by atoms with Gasteiger partial charge in [0, 0.05) is 5.56 Å². The van der Waals surface area contributed by atoms with E-state index in [1.165, 1.54) is 56.7 Å². The van der Waals surface area contributed by atoms with Gasteiger partial charge >= 0.3 is 30.4 Å². The lowest BCUT2D eigenvalue weighted by Crippen LogP contribution is -2.10. The molecule has 1 aromatic heterocycles. The van der Waals surface area contributed by atoms with E-state index < -0.39 is 30.4 Å². The Morgan fingerprint density at radius 3 is 1.90 bits per heavy atom. The van der Waals surface area contributed by atoms with E-state index in [-0.39, 0.29) is 52.2 Å². The molecule has 1 heterocycles. The Hall–Kier alpha value is -5.00. The first kappa shape index (κ1) is 34.3. The lowest BCUT2D eigenvalue weighted by atomic mass is 9.96. The number of methoxy groups -OCH3 is 2. The van der Waals surface area contributed by atoms with Gasteiger partial charge in [0.25, 0.3) is 0 Å². The Kier molecular flexibility index (Phi) is 9.48. The summed E-state index contributed by atoms with van der Waals surface area (Å²) in [6.07, 6.45) is 2.62. The average molecular weight is 719 g/mol. The number of aromatic amines is 1. The van der Waals surface area contributed by atoms with Gasteiger partial charge in [0.1, 0.15) is 23.9 Å². The highest BCUT2D eigenvalue weighted by atomic mass is 32.2. The highest BCUT2D eigenvalue weighted by Crippen LogP contribution is 2.52. The molecule has 0 bridgehead atoms. The van der Waals surface area contributed by atoms with Crippen molar-refractivity contribution in [3.05, 3.63) is 78.6 Å². The zero-order valence-electron chi connectivity index (χ0n) is 26.2. The number of H-pyrrole nitrogens is 1. The van der Waals surface area contributed by atoms with Crippen LogP contribution in [-0.4, -0.2) is 68.2 Å². The molecule has 0 aliphatic carbocycles. The zero-order chi connectivity index (χ0) is 34.9. The Bertz CT molecular complexity index is 2290. The molecule has 254 valence electrons. The highest BCUT2D eigenvalue weighted by molar-refractivity contribution is 7.86. The third-order valence-electron chi connectivity index (χ3n) is 6.55. The molecule has 5 aromatic rings. The van der Waals surface area contributed by atoms with Crippen molar-refractivity contribution >= 4 is 41.4 Å². The number of imidazole rings is 1. The van der Waals surface area contributed by atoms with Crippen LogP contribution >= 0.6 is 0 Å². The molecule has 14 nitrogen and oxygen atoms in total. The monoisotopic (exact) mass is 718 g/mol. The van der Waals surface area contributed by atoms with E-state index in [1.54, 1.807) is 6.07 Å². The Morgan fingerprint density at radius 2 is 1.29 bits per heavy atom. The van der Waals surface area contributed by atoms with Gasteiger partial charge in [-0.05, 0) is 53.6 Å². The summed E-state index contributed by atoms with van der Waals surface area (Å²) in [7, 11) is -9.36. The Labute approximate surface area is 277 Å². The lowest BCUT2D eigenvalue weighted by molar-refractivity contribution is 0.288. The van der Waals surface area contributed by atoms with Gasteiger partial charge in [-0.25, -0.2) is 4.98 Å². The van der Waals surface area contributed by atoms with Crippen LogP contribution in [0.5, 0.6) is 34.5 Å². The number of ether oxygens (including phenoxy) is 3. The first-order valence-electron chi connectivity index (χ1n) is 13.8. The molecule has 0 aliphatic rings. The van der Waals surface area contributed by atoms with Gasteiger partial charge in [-0.2, -0.15) is 25.3 Å². The number of fused-ring (bicyclic) bond motifs is 1. The van der Waals surface area contributed by atoms with Crippen molar-refractivity contribution in [2.45, 2.75) is 6.61 Å². The van der Waals surface area contributed by atoms with Crippen LogP contribution in [0.2, 0.25) is 0 Å². The minimum absolute atomic E-state index is 0.0243. The molecule has 5 rings (SSSR count). The lowest BCUT2D eigenvalue weighted by Gasteiger charge is -2.21. The van der Waals surface area contributed by atoms with Crippen molar-refractivity contribution in [2.75, 3.05) is 33.0 Å². The molecule has 1 N–H and O–H groups in total. The molecule has 0 aliphatic heterocycles. The molecule has 0 saturated heterocycles. The molecule has 17 heteroatoms. The van der Waals surface area contributed by atoms with Crippen molar-refractivity contribution in [1.82, 2.24) is 9.97 Å². The van der Waals surface area contributed by atoms with E-state index in [4.69, 9.17) is 26.8 Å². The zero-order valence-corrected chi connectivity index (χ0v) is 28.7. The minimum atomic E-state index is -4.17. The second kappa shape index (κ2) is 13.2. The molecule has 0 saturated carbocycles. The van der Waals surface area contributed by atoms with E-state index in [0.29, 0.717) is 17.0 Å². The number of nitrogens with zero attached hydrogens (tertiary/aromatic N) is 1. The van der Waals surface area contributed by atoms with Crippen molar-refractivity contribution in [1.29, 1.82) is 0 Å². The number of benzene rings is 4. The second-order valence-electron chi connectivity index (χ2n) is 10.4. The van der Waals surface area contributed by atoms with Gasteiger partial charge < -0.3 is 31.7 Å². The van der Waals surface area contributed by atoms with E-state index in [9.17, 15) is 25.3 Å². The summed E-state index contributed by atoms with van der Waals surface area (Å²) in [5.74, 6) is 0.194. The van der Waals surface area contributed by atoms with Crippen LogP contribution in [-0.2, 0) is 37.0 Å². The van der Waals surface area contributed by atoms with Gasteiger partial charge in [-0.3, -0.25) is 0 Å². The van der Waals surface area contributed by atoms with Crippen molar-refractivity contribution in [3.8, 4) is 56.8 Å². The fourth-order valence-corrected chi connectivity index (χ4v) is 6.17. The van der Waals surface area contributed by atoms with Crippen LogP contribution in [0.3, 0.4) is 0 Å². The molecule has 0 atom stereocenters. The molecule has 48 heavy (non-hydrogen) atoms. The first-order chi connectivity index (χ1) is 22.5. The number of para-hydroxylation sites is 2. The molecule has 0 radical (unpaired) electrons. The smallest absolute Gasteiger partial charge is 0.306 e. The van der Waals surface area contributed by atoms with Gasteiger partial charge in [0.2, 0.25) is 0 Å². The van der Waals surface area contributed by atoms with Gasteiger partial charge in [-0.15, -0.1) is 0 Å². The minimum Gasteiger partial charge on any atom is -0.496 e. The number of hydrogen-bond acceptors (Lipinski definition) is 13. The Morgan fingerprint density at radius 1 is 0.646 bits per heavy atom. The summed E-state index contributed by atoms with van der Waals surface area (Å²) in [6, 6.07) is 19.1. The number of nitrogens with one attached hydrogen (secondary N) is 1. The summed E-state index contributed by atoms with van der Waals surface area (Å²) in [6.45, 7) is -0.0591. The van der Waals surface area contributed by atoms with Gasteiger partial charge in [0.05, 0.1) is 49.6 Å². The molecular formula is C31H30N2O12S3. The summed E-state index contributed by atoms with van der Waals surface area (Å²) < 4.78 is 106. The van der Waals surface area contributed by atoms with Crippen molar-refractivity contribution < 1.29 is 52.0 Å². The fourth-order valence-electron chi connectivity index (χ4n) is 4.79. The summed E-state index contributed by atoms with van der Waals surface area (Å²) in [5, 5.41) is 0. The fraction of sp³-hybridized carbons (Fsp3) is 0.194. The molecule has 0 amide bonds. The van der Waals surface area contributed by atoms with Crippen LogP contribution < -0.4 is 26.8 Å². The Balaban J connectivity index is 1.63. The highest BCUT2D eigenvalue weighted by Gasteiger charge is 2.27. The van der Waals surface area contributed by atoms with Crippen LogP contribution in [0.1, 0.15) is 5.82 Å². The summed E-state index contributed by atoms with van der Waals surface area (Å²) in [4.78, 5) is 7.59. The maximum Gasteiger partial charge on any atom is 0.306 e. The van der Waals surface area contributed by atoms with E-state index in [2.05, 4.69) is 9.97 Å². The molecule has 0 fully saturated rings. The van der Waals surface area contributed by atoms with Crippen LogP contribution in [0.25, 0.3) is 33.3 Å². The third-order valence-corrected chi connectivity index (χ3v) is 7.99. The van der Waals surface area contributed by atoms with Gasteiger partial charge in [-0.1, -0.05) is 30.3 Å². The average Bonchev–Trinajstić information content (AvgIpc) is 3.41. The number of aromatic nitrogens is 2. The van der Waals surface area contributed by atoms with Crippen LogP contribution in [0, 0.1) is 0 Å². The summed E-state index contributed by atoms with van der Waals surface area (Å²) >= 11 is 0. The molecule has 0 unspecified atom stereocenters. The van der Waals surface area contributed by atoms with Crippen molar-refractivity contribution in [3.63, 3.8) is 0 Å². The molecule has 0 spiro atoms. The van der Waals surface area contributed by atoms with E-state index >= 15 is 0 Å². The van der Waals surface area contributed by atoms with Crippen LogP contribution in [0.15, 0.2) is 72.8 Å². The quantitative estimate of drug-likeness (QED) is 0.168. The first-order valence-corrected chi connectivity index (χ1v) is 19.3. The van der Waals surface area contributed by atoms with Crippen LogP contribution in [0.4, 0.5) is 0 Å². The maximum atomic E-state index is 12.5. The molecule has 4 aromatic carbocycles. The standard InChI is InChI=1S/C31H30N2O12S3/c1-40-27-17-22(19-10-13-21(14-11-19)43-46(3,34)35)30(41-2)31(45-48(5,38)39)29(27)20-12-15-25(26(16-20)44-47(4,36)37)42-18-28-32-23-8-6-7-9-24(23)33-28/h6-17H,18H2,1-5H3,(H,32,33). The van der Waals surface area contributed by atoms with E-state index in [0.717, 1.165) is 29.8 Å². The third kappa shape index (κ3) is 8.28. The largest absolute Gasteiger partial charge is 0.496 e. The predicted octanol–water partition coefficient (Wildman–Crippen LogP) is 4.51. The van der Waals surface area contributed by atoms with Crippen molar-refractivity contribution in [2.24, 2.45) is 0 Å². The topological polar surface area (TPSA) is 186 Å². The van der Waals surface area contributed by atoms with E-state index in [1.807, 2.05) is 24.3 Å². The normalized spacial score (nSPS) is 12.0. The second-order valence-corrected chi connectivity index (χ2v) is 15.1. The molecular weight excluding hydrogens is 689 g/mol. The van der Waals surface area contributed by atoms with Gasteiger partial charge in [0.15, 0.2) is 23.0 Å². The number of hydrogen-bond donors (Lipinski definition) is 1. The number of rotatable bonds is 13. The maximum absolute atomic E-state index is 12.5.